The zero-order valence-corrected chi connectivity index (χ0v) is 13.1. The van der Waals surface area contributed by atoms with Gasteiger partial charge in [-0.2, -0.15) is 18.4 Å². The Labute approximate surface area is 145 Å². The topological polar surface area (TPSA) is 87.7 Å². The van der Waals surface area contributed by atoms with Crippen LogP contribution in [-0.2, 0) is 6.18 Å². The summed E-state index contributed by atoms with van der Waals surface area (Å²) in [7, 11) is 0. The number of hydrogen-bond acceptors (Lipinski definition) is 4. The molecule has 0 unspecified atom stereocenters. The summed E-state index contributed by atoms with van der Waals surface area (Å²) in [4.78, 5) is 0. The van der Waals surface area contributed by atoms with Gasteiger partial charge in [-0.15, -0.1) is 5.10 Å². The molecule has 2 heterocycles. The number of fused-ring (bicyclic) bond motifs is 2. The molecule has 0 saturated heterocycles. The monoisotopic (exact) mass is 356 g/mol. The van der Waals surface area contributed by atoms with Gasteiger partial charge in [0.15, 0.2) is 0 Å². The first-order valence-electron chi connectivity index (χ1n) is 7.62. The highest BCUT2D eigenvalue weighted by molar-refractivity contribution is 5.87. The molecule has 0 saturated carbocycles. The Morgan fingerprint density at radius 3 is 2.62 bits per heavy atom. The molecule has 1 aliphatic rings. The molecule has 26 heavy (non-hydrogen) atoms. The molecular weight excluding hydrogens is 345 g/mol. The van der Waals surface area contributed by atoms with Crippen molar-refractivity contribution >= 4 is 10.8 Å². The van der Waals surface area contributed by atoms with Gasteiger partial charge in [-0.25, -0.2) is 0 Å². The van der Waals surface area contributed by atoms with E-state index in [4.69, 9.17) is 10.5 Å². The van der Waals surface area contributed by atoms with Crippen LogP contribution in [0.1, 0.15) is 22.7 Å². The van der Waals surface area contributed by atoms with Gasteiger partial charge in [-0.1, -0.05) is 42.5 Å². The minimum atomic E-state index is -4.68. The SMILES string of the molecule is N#CC1=C(N)Oc2n[nH]c(C(F)(F)F)c2[C@H]1c1cccc2ccccc12. The number of halogens is 3. The van der Waals surface area contributed by atoms with E-state index in [0.29, 0.717) is 5.56 Å². The first-order chi connectivity index (χ1) is 12.4. The van der Waals surface area contributed by atoms with Gasteiger partial charge in [0, 0.05) is 0 Å². The van der Waals surface area contributed by atoms with E-state index in [1.807, 2.05) is 29.4 Å². The first-order valence-corrected chi connectivity index (χ1v) is 7.62. The maximum Gasteiger partial charge on any atom is 0.433 e. The molecule has 1 aromatic heterocycles. The molecule has 8 heteroatoms. The average Bonchev–Trinajstić information content (AvgIpc) is 3.03. The number of hydrogen-bond donors (Lipinski definition) is 2. The van der Waals surface area contributed by atoms with E-state index in [1.165, 1.54) is 0 Å². The van der Waals surface area contributed by atoms with Crippen molar-refractivity contribution in [2.24, 2.45) is 5.73 Å². The van der Waals surface area contributed by atoms with E-state index in [-0.39, 0.29) is 22.9 Å². The highest BCUT2D eigenvalue weighted by Crippen LogP contribution is 2.48. The van der Waals surface area contributed by atoms with Gasteiger partial charge in [0.2, 0.25) is 11.8 Å². The van der Waals surface area contributed by atoms with Crippen LogP contribution in [0.3, 0.4) is 0 Å². The van der Waals surface area contributed by atoms with E-state index in [2.05, 4.69) is 5.10 Å². The first kappa shape index (κ1) is 16.0. The van der Waals surface area contributed by atoms with Crippen molar-refractivity contribution in [3.05, 3.63) is 70.7 Å². The molecule has 5 nitrogen and oxygen atoms in total. The van der Waals surface area contributed by atoms with Crippen molar-refractivity contribution in [3.63, 3.8) is 0 Å². The van der Waals surface area contributed by atoms with Crippen LogP contribution >= 0.6 is 0 Å². The van der Waals surface area contributed by atoms with E-state index in [9.17, 15) is 18.4 Å². The smallest absolute Gasteiger partial charge is 0.420 e. The summed E-state index contributed by atoms with van der Waals surface area (Å²) in [5, 5.41) is 16.7. The van der Waals surface area contributed by atoms with E-state index in [0.717, 1.165) is 10.8 Å². The van der Waals surface area contributed by atoms with Crippen molar-refractivity contribution in [2.75, 3.05) is 0 Å². The molecular formula is C18H11F3N4O. The number of ether oxygens (including phenoxy) is 1. The molecule has 0 aliphatic carbocycles. The Balaban J connectivity index is 2.06. The van der Waals surface area contributed by atoms with Crippen LogP contribution in [0.25, 0.3) is 10.8 Å². The molecule has 0 radical (unpaired) electrons. The van der Waals surface area contributed by atoms with E-state index < -0.39 is 17.8 Å². The lowest BCUT2D eigenvalue weighted by Crippen LogP contribution is -2.23. The fraction of sp³-hybridized carbons (Fsp3) is 0.111. The molecule has 3 N–H and O–H groups in total. The van der Waals surface area contributed by atoms with Gasteiger partial charge < -0.3 is 10.5 Å². The molecule has 0 fully saturated rings. The summed E-state index contributed by atoms with van der Waals surface area (Å²) in [6, 6.07) is 14.4. The van der Waals surface area contributed by atoms with Gasteiger partial charge in [0.05, 0.1) is 11.5 Å². The number of nitrogens with two attached hydrogens (primary N) is 1. The Bertz CT molecular complexity index is 1090. The van der Waals surface area contributed by atoms with E-state index >= 15 is 0 Å². The zero-order valence-electron chi connectivity index (χ0n) is 13.1. The van der Waals surface area contributed by atoms with Crippen molar-refractivity contribution in [3.8, 4) is 11.9 Å². The Kier molecular flexibility index (Phi) is 3.40. The Hall–Kier alpha value is -3.47. The molecule has 130 valence electrons. The van der Waals surface area contributed by atoms with Crippen LogP contribution in [0.4, 0.5) is 13.2 Å². The van der Waals surface area contributed by atoms with Crippen molar-refractivity contribution in [1.82, 2.24) is 10.2 Å². The van der Waals surface area contributed by atoms with Gasteiger partial charge >= 0.3 is 6.18 Å². The number of aromatic nitrogens is 2. The van der Waals surface area contributed by atoms with Gasteiger partial charge in [0.1, 0.15) is 17.3 Å². The Morgan fingerprint density at radius 2 is 1.88 bits per heavy atom. The van der Waals surface area contributed by atoms with Crippen LogP contribution in [0.2, 0.25) is 0 Å². The normalized spacial score (nSPS) is 16.9. The fourth-order valence-electron chi connectivity index (χ4n) is 3.27. The molecule has 2 aromatic carbocycles. The maximum absolute atomic E-state index is 13.5. The number of nitrogens with zero attached hydrogens (tertiary/aromatic N) is 2. The summed E-state index contributed by atoms with van der Waals surface area (Å²) < 4.78 is 45.6. The van der Waals surface area contributed by atoms with Crippen LogP contribution in [0, 0.1) is 11.3 Å². The lowest BCUT2D eigenvalue weighted by Gasteiger charge is -2.25. The summed E-state index contributed by atoms with van der Waals surface area (Å²) in [5.41, 5.74) is 4.95. The third kappa shape index (κ3) is 2.29. The van der Waals surface area contributed by atoms with Crippen LogP contribution in [-0.4, -0.2) is 10.2 Å². The molecule has 1 aliphatic heterocycles. The van der Waals surface area contributed by atoms with E-state index in [1.54, 1.807) is 24.3 Å². The molecule has 4 rings (SSSR count). The zero-order chi connectivity index (χ0) is 18.5. The summed E-state index contributed by atoms with van der Waals surface area (Å²) in [6.45, 7) is 0. The predicted molar refractivity (Wildman–Crippen MR) is 86.8 cm³/mol. The number of alkyl halides is 3. The lowest BCUT2D eigenvalue weighted by molar-refractivity contribution is -0.141. The van der Waals surface area contributed by atoms with Gasteiger partial charge in [0.25, 0.3) is 0 Å². The Morgan fingerprint density at radius 1 is 1.15 bits per heavy atom. The lowest BCUT2D eigenvalue weighted by atomic mass is 9.81. The minimum absolute atomic E-state index is 0.0826. The largest absolute Gasteiger partial charge is 0.433 e. The van der Waals surface area contributed by atoms with Crippen molar-refractivity contribution in [1.29, 1.82) is 5.26 Å². The number of nitrogens with one attached hydrogen (secondary N) is 1. The fourth-order valence-corrected chi connectivity index (χ4v) is 3.27. The summed E-state index contributed by atoms with van der Waals surface area (Å²) in [5.74, 6) is -1.56. The standard InChI is InChI=1S/C18H11F3N4O/c19-18(20,21)15-14-13(12(8-22)16(23)26-17(14)25-24-15)11-7-3-5-9-4-1-2-6-10(9)11/h1-7,13H,23H2,(H,24,25)/t13-/m0/s1. The molecule has 0 bridgehead atoms. The summed E-state index contributed by atoms with van der Waals surface area (Å²) in [6.07, 6.45) is -4.68. The maximum atomic E-state index is 13.5. The number of nitriles is 1. The van der Waals surface area contributed by atoms with Gasteiger partial charge in [-0.05, 0) is 16.3 Å². The third-order valence-electron chi connectivity index (χ3n) is 4.36. The molecule has 1 atom stereocenters. The second-order valence-corrected chi connectivity index (χ2v) is 5.81. The highest BCUT2D eigenvalue weighted by atomic mass is 19.4. The summed E-state index contributed by atoms with van der Waals surface area (Å²) >= 11 is 0. The number of rotatable bonds is 1. The number of aromatic amines is 1. The quantitative estimate of drug-likeness (QED) is 0.694. The second-order valence-electron chi connectivity index (χ2n) is 5.81. The van der Waals surface area contributed by atoms with Crippen LogP contribution in [0.15, 0.2) is 53.9 Å². The average molecular weight is 356 g/mol. The van der Waals surface area contributed by atoms with Gasteiger partial charge in [-0.3, -0.25) is 5.10 Å². The third-order valence-corrected chi connectivity index (χ3v) is 4.36. The molecule has 3 aromatic rings. The minimum Gasteiger partial charge on any atom is -0.420 e. The van der Waals surface area contributed by atoms with Crippen LogP contribution < -0.4 is 10.5 Å². The van der Waals surface area contributed by atoms with Crippen molar-refractivity contribution < 1.29 is 17.9 Å². The number of benzene rings is 2. The molecule has 0 spiro atoms. The second kappa shape index (κ2) is 5.52. The van der Waals surface area contributed by atoms with Crippen LogP contribution in [0.5, 0.6) is 5.88 Å². The van der Waals surface area contributed by atoms with Crippen molar-refractivity contribution in [2.45, 2.75) is 12.1 Å². The number of H-pyrrole nitrogens is 1. The predicted octanol–water partition coefficient (Wildman–Crippen LogP) is 3.80. The molecule has 0 amide bonds. The highest BCUT2D eigenvalue weighted by Gasteiger charge is 2.44. The number of allylic oxidation sites excluding steroid dienone is 1.